The van der Waals surface area contributed by atoms with Crippen molar-refractivity contribution in [3.8, 4) is 0 Å². The van der Waals surface area contributed by atoms with Gasteiger partial charge < -0.3 is 0 Å². The van der Waals surface area contributed by atoms with E-state index in [1.165, 1.54) is 0 Å². The van der Waals surface area contributed by atoms with Gasteiger partial charge in [-0.05, 0) is 23.3 Å². The second-order valence-electron chi connectivity index (χ2n) is 3.86. The van der Waals surface area contributed by atoms with Crippen LogP contribution < -0.4 is 0 Å². The predicted octanol–water partition coefficient (Wildman–Crippen LogP) is 3.63. The Labute approximate surface area is 110 Å². The highest BCUT2D eigenvalue weighted by molar-refractivity contribution is 5.59. The first kappa shape index (κ1) is 12.7. The Kier molecular flexibility index (Phi) is 4.14. The maximum absolute atomic E-state index is 10.4. The Balaban J connectivity index is 2.41. The molecular weight excluding hydrogens is 238 g/mol. The molecular formula is C15H11N3O. The standard InChI is InChI=1S/C15H11N3O/c16-10-17-14-7-3-1-5-12(14)9-13-6-2-4-8-15(13)18-11-19/h1-8,16H,9H2. The molecule has 19 heavy (non-hydrogen) atoms. The zero-order valence-electron chi connectivity index (χ0n) is 10.1. The van der Waals surface area contributed by atoms with Gasteiger partial charge in [-0.3, -0.25) is 0 Å². The summed E-state index contributed by atoms with van der Waals surface area (Å²) < 4.78 is 0. The number of rotatable bonds is 4. The zero-order valence-corrected chi connectivity index (χ0v) is 10.1. The van der Waals surface area contributed by atoms with E-state index in [1.807, 2.05) is 48.5 Å². The summed E-state index contributed by atoms with van der Waals surface area (Å²) in [6, 6.07) is 16.9. The van der Waals surface area contributed by atoms with Crippen molar-refractivity contribution in [2.45, 2.75) is 6.42 Å². The molecule has 2 rings (SSSR count). The average molecular weight is 249 g/mol. The molecule has 0 aliphatic heterocycles. The highest BCUT2D eigenvalue weighted by atomic mass is 16.1. The summed E-state index contributed by atoms with van der Waals surface area (Å²) in [6.45, 7) is 0. The lowest BCUT2D eigenvalue weighted by Crippen LogP contribution is -1.89. The largest absolute Gasteiger partial charge is 0.241 e. The Bertz CT molecular complexity index is 622. The molecule has 4 nitrogen and oxygen atoms in total. The average Bonchev–Trinajstić information content (AvgIpc) is 2.44. The summed E-state index contributed by atoms with van der Waals surface area (Å²) in [5, 5.41) is 6.94. The molecule has 0 aromatic heterocycles. The smallest absolute Gasteiger partial charge is 0.240 e. The van der Waals surface area contributed by atoms with Gasteiger partial charge in [-0.1, -0.05) is 36.4 Å². The summed E-state index contributed by atoms with van der Waals surface area (Å²) in [4.78, 5) is 18.0. The van der Waals surface area contributed by atoms with Gasteiger partial charge in [-0.2, -0.15) is 9.98 Å². The highest BCUT2D eigenvalue weighted by Gasteiger charge is 2.05. The molecule has 0 heterocycles. The quantitative estimate of drug-likeness (QED) is 0.652. The van der Waals surface area contributed by atoms with Crippen LogP contribution in [-0.4, -0.2) is 12.1 Å². The second-order valence-corrected chi connectivity index (χ2v) is 3.86. The Morgan fingerprint density at radius 3 is 1.95 bits per heavy atom. The monoisotopic (exact) mass is 249 g/mol. The van der Waals surface area contributed by atoms with E-state index in [-0.39, 0.29) is 0 Å². The van der Waals surface area contributed by atoms with Gasteiger partial charge in [0.25, 0.3) is 0 Å². The molecule has 0 unspecified atom stereocenters. The number of nitrogens with zero attached hydrogens (tertiary/aromatic N) is 2. The van der Waals surface area contributed by atoms with E-state index in [0.29, 0.717) is 17.8 Å². The van der Waals surface area contributed by atoms with Crippen LogP contribution in [0.4, 0.5) is 11.4 Å². The molecule has 0 atom stereocenters. The lowest BCUT2D eigenvalue weighted by atomic mass is 10.0. The van der Waals surface area contributed by atoms with Gasteiger partial charge in [0, 0.05) is 6.42 Å². The number of hydrogen-bond donors (Lipinski definition) is 1. The maximum Gasteiger partial charge on any atom is 0.240 e. The van der Waals surface area contributed by atoms with E-state index in [4.69, 9.17) is 5.41 Å². The lowest BCUT2D eigenvalue weighted by Gasteiger charge is -2.06. The molecule has 2 aromatic rings. The summed E-state index contributed by atoms with van der Waals surface area (Å²) in [5.74, 6) is 0. The zero-order chi connectivity index (χ0) is 13.5. The summed E-state index contributed by atoms with van der Waals surface area (Å²) in [5.41, 5.74) is 3.17. The van der Waals surface area contributed by atoms with Crippen molar-refractivity contribution in [3.05, 3.63) is 59.7 Å². The van der Waals surface area contributed by atoms with Gasteiger partial charge in [0.2, 0.25) is 6.08 Å². The number of nitrogens with one attached hydrogen (secondary N) is 1. The number of isocyanates is 1. The van der Waals surface area contributed by atoms with Gasteiger partial charge in [0.1, 0.15) is 0 Å². The van der Waals surface area contributed by atoms with Gasteiger partial charge >= 0.3 is 0 Å². The van der Waals surface area contributed by atoms with Crippen LogP contribution in [0.5, 0.6) is 0 Å². The second kappa shape index (κ2) is 6.22. The third-order valence-electron chi connectivity index (χ3n) is 2.71. The van der Waals surface area contributed by atoms with Crippen LogP contribution in [0, 0.1) is 5.41 Å². The molecule has 0 aliphatic rings. The topological polar surface area (TPSA) is 65.6 Å². The number of hydrogen-bond acceptors (Lipinski definition) is 4. The Morgan fingerprint density at radius 1 is 0.895 bits per heavy atom. The Morgan fingerprint density at radius 2 is 1.42 bits per heavy atom. The molecule has 0 fully saturated rings. The van der Waals surface area contributed by atoms with Gasteiger partial charge in [-0.25, -0.2) is 10.2 Å². The van der Waals surface area contributed by atoms with Crippen LogP contribution in [0.25, 0.3) is 0 Å². The number of benzene rings is 2. The maximum atomic E-state index is 10.4. The molecule has 1 N–H and O–H groups in total. The van der Waals surface area contributed by atoms with Crippen LogP contribution in [0.15, 0.2) is 58.5 Å². The van der Waals surface area contributed by atoms with E-state index in [0.717, 1.165) is 11.1 Å². The molecule has 0 amide bonds. The summed E-state index contributed by atoms with van der Waals surface area (Å²) in [6.07, 6.45) is 2.15. The van der Waals surface area contributed by atoms with Crippen molar-refractivity contribution < 1.29 is 4.79 Å². The van der Waals surface area contributed by atoms with Crippen LogP contribution in [0.3, 0.4) is 0 Å². The fraction of sp³-hybridized carbons (Fsp3) is 0.0667. The minimum Gasteiger partial charge on any atom is -0.241 e. The van der Waals surface area contributed by atoms with Crippen LogP contribution in [0.1, 0.15) is 11.1 Å². The first-order chi connectivity index (χ1) is 9.35. The molecule has 2 aromatic carbocycles. The molecule has 0 bridgehead atoms. The molecule has 0 aliphatic carbocycles. The van der Waals surface area contributed by atoms with Crippen molar-refractivity contribution in [3.63, 3.8) is 0 Å². The van der Waals surface area contributed by atoms with Crippen molar-refractivity contribution >= 4 is 23.5 Å². The number of aliphatic imine (C=N–C) groups is 2. The van der Waals surface area contributed by atoms with E-state index < -0.39 is 0 Å². The molecule has 92 valence electrons. The number of para-hydroxylation sites is 2. The summed E-state index contributed by atoms with van der Waals surface area (Å²) >= 11 is 0. The van der Waals surface area contributed by atoms with E-state index in [9.17, 15) is 4.79 Å². The van der Waals surface area contributed by atoms with E-state index >= 15 is 0 Å². The molecule has 0 radical (unpaired) electrons. The van der Waals surface area contributed by atoms with Crippen LogP contribution in [0.2, 0.25) is 0 Å². The van der Waals surface area contributed by atoms with Crippen molar-refractivity contribution in [1.29, 1.82) is 5.41 Å². The van der Waals surface area contributed by atoms with Crippen molar-refractivity contribution in [2.75, 3.05) is 0 Å². The van der Waals surface area contributed by atoms with E-state index in [1.54, 1.807) is 12.1 Å². The third-order valence-corrected chi connectivity index (χ3v) is 2.71. The minimum atomic E-state index is 0.586. The third kappa shape index (κ3) is 3.11. The SMILES string of the molecule is N=C=Nc1ccccc1Cc1ccccc1N=C=O. The van der Waals surface area contributed by atoms with Gasteiger partial charge in [-0.15, -0.1) is 0 Å². The molecule has 4 heteroatoms. The van der Waals surface area contributed by atoms with E-state index in [2.05, 4.69) is 9.98 Å². The Hall–Kier alpha value is -2.80. The number of carbonyl (C=O) groups excluding carboxylic acids is 1. The fourth-order valence-corrected chi connectivity index (χ4v) is 1.85. The summed E-state index contributed by atoms with van der Waals surface area (Å²) in [7, 11) is 0. The van der Waals surface area contributed by atoms with Crippen molar-refractivity contribution in [1.82, 2.24) is 0 Å². The molecule has 0 saturated carbocycles. The van der Waals surface area contributed by atoms with Gasteiger partial charge in [0.15, 0.2) is 0 Å². The first-order valence-electron chi connectivity index (χ1n) is 5.71. The predicted molar refractivity (Wildman–Crippen MR) is 73.3 cm³/mol. The first-order valence-corrected chi connectivity index (χ1v) is 5.71. The molecule has 0 spiro atoms. The highest BCUT2D eigenvalue weighted by Crippen LogP contribution is 2.26. The fourth-order valence-electron chi connectivity index (χ4n) is 1.85. The van der Waals surface area contributed by atoms with Crippen LogP contribution >= 0.6 is 0 Å². The minimum absolute atomic E-state index is 0.586. The lowest BCUT2D eigenvalue weighted by molar-refractivity contribution is 0.565. The molecule has 0 saturated heterocycles. The normalized spacial score (nSPS) is 9.26. The van der Waals surface area contributed by atoms with Gasteiger partial charge in [0.05, 0.1) is 17.4 Å². The van der Waals surface area contributed by atoms with Crippen molar-refractivity contribution in [2.24, 2.45) is 9.98 Å². The van der Waals surface area contributed by atoms with Crippen LogP contribution in [-0.2, 0) is 11.2 Å².